The van der Waals surface area contributed by atoms with Gasteiger partial charge in [0.25, 0.3) is 0 Å². The van der Waals surface area contributed by atoms with Crippen molar-refractivity contribution in [1.29, 1.82) is 0 Å². The fourth-order valence-corrected chi connectivity index (χ4v) is 1.83. The minimum absolute atomic E-state index is 0.0269. The van der Waals surface area contributed by atoms with Crippen molar-refractivity contribution < 1.29 is 14.3 Å². The first-order valence-corrected chi connectivity index (χ1v) is 5.86. The Balaban J connectivity index is 2.79. The predicted octanol–water partition coefficient (Wildman–Crippen LogP) is 0.394. The highest BCUT2D eigenvalue weighted by molar-refractivity contribution is 5.95. The van der Waals surface area contributed by atoms with Crippen LogP contribution in [0.1, 0.15) is 27.7 Å². The summed E-state index contributed by atoms with van der Waals surface area (Å²) < 4.78 is 5.13. The molecule has 1 rings (SSSR count). The third-order valence-corrected chi connectivity index (χ3v) is 2.94. The molecule has 0 aliphatic carbocycles. The van der Waals surface area contributed by atoms with Gasteiger partial charge in [-0.05, 0) is 12.3 Å². The summed E-state index contributed by atoms with van der Waals surface area (Å²) in [4.78, 5) is 25.4. The summed E-state index contributed by atoms with van der Waals surface area (Å²) in [5, 5.41) is 2.76. The van der Waals surface area contributed by atoms with E-state index in [9.17, 15) is 9.59 Å². The lowest BCUT2D eigenvalue weighted by Crippen LogP contribution is -2.63. The Labute approximate surface area is 102 Å². The van der Waals surface area contributed by atoms with Crippen LogP contribution in [0.25, 0.3) is 0 Å². The Morgan fingerprint density at radius 3 is 2.53 bits per heavy atom. The lowest BCUT2D eigenvalue weighted by Gasteiger charge is -2.39. The molecule has 1 aliphatic heterocycles. The highest BCUT2D eigenvalue weighted by Crippen LogP contribution is 2.23. The molecule has 2 atom stereocenters. The molecule has 1 fully saturated rings. The first-order valence-electron chi connectivity index (χ1n) is 5.86. The summed E-state index contributed by atoms with van der Waals surface area (Å²) in [5.41, 5.74) is -0.276. The maximum absolute atomic E-state index is 12.2. The topological polar surface area (TPSA) is 58.6 Å². The van der Waals surface area contributed by atoms with Gasteiger partial charge in [-0.2, -0.15) is 0 Å². The molecule has 0 aromatic rings. The van der Waals surface area contributed by atoms with Crippen molar-refractivity contribution in [2.75, 3.05) is 20.2 Å². The molecule has 1 N–H and O–H groups in total. The summed E-state index contributed by atoms with van der Waals surface area (Å²) in [5.74, 6) is -0.131. The normalized spacial score (nSPS) is 23.6. The average Bonchev–Trinajstić information content (AvgIpc) is 2.21. The Morgan fingerprint density at radius 1 is 1.47 bits per heavy atom. The fraction of sp³-hybridized carbons (Fsp3) is 0.833. The minimum atomic E-state index is -0.451. The van der Waals surface area contributed by atoms with Crippen LogP contribution in [0.5, 0.6) is 0 Å². The molecule has 2 amide bonds. The second-order valence-electron chi connectivity index (χ2n) is 5.63. The van der Waals surface area contributed by atoms with Gasteiger partial charge in [-0.3, -0.25) is 9.59 Å². The molecule has 0 aromatic heterocycles. The number of hydrogen-bond donors (Lipinski definition) is 1. The van der Waals surface area contributed by atoms with E-state index in [1.54, 1.807) is 12.0 Å². The molecule has 1 heterocycles. The van der Waals surface area contributed by atoms with Gasteiger partial charge in [0.1, 0.15) is 6.04 Å². The Morgan fingerprint density at radius 2 is 2.06 bits per heavy atom. The van der Waals surface area contributed by atoms with Crippen LogP contribution in [-0.2, 0) is 14.3 Å². The Kier molecular flexibility index (Phi) is 4.14. The van der Waals surface area contributed by atoms with Crippen LogP contribution in [0.15, 0.2) is 0 Å². The van der Waals surface area contributed by atoms with Crippen LogP contribution in [0.2, 0.25) is 0 Å². The van der Waals surface area contributed by atoms with Crippen molar-refractivity contribution in [1.82, 2.24) is 10.2 Å². The Bertz CT molecular complexity index is 309. The van der Waals surface area contributed by atoms with Crippen molar-refractivity contribution in [3.8, 4) is 0 Å². The van der Waals surface area contributed by atoms with E-state index in [2.05, 4.69) is 5.32 Å². The van der Waals surface area contributed by atoms with Gasteiger partial charge in [-0.1, -0.05) is 20.8 Å². The standard InChI is InChI=1S/C12H22N2O3/c1-8(17-5)6-14-7-9(15)13-10(11(14)16)12(2,3)4/h8,10H,6-7H2,1-5H3,(H,13,15). The number of hydrogen-bond acceptors (Lipinski definition) is 3. The van der Waals surface area contributed by atoms with Crippen molar-refractivity contribution in [2.45, 2.75) is 39.8 Å². The first-order chi connectivity index (χ1) is 7.75. The number of amides is 2. The largest absolute Gasteiger partial charge is 0.380 e. The van der Waals surface area contributed by atoms with E-state index < -0.39 is 6.04 Å². The second-order valence-corrected chi connectivity index (χ2v) is 5.63. The number of nitrogens with zero attached hydrogens (tertiary/aromatic N) is 1. The summed E-state index contributed by atoms with van der Waals surface area (Å²) in [6.07, 6.45) is -0.0644. The van der Waals surface area contributed by atoms with Crippen molar-refractivity contribution in [3.63, 3.8) is 0 Å². The molecule has 0 saturated carbocycles. The molecule has 0 spiro atoms. The third kappa shape index (κ3) is 3.43. The zero-order valence-corrected chi connectivity index (χ0v) is 11.2. The van der Waals surface area contributed by atoms with E-state index in [1.807, 2.05) is 27.7 Å². The molecular formula is C12H22N2O3. The van der Waals surface area contributed by atoms with E-state index in [0.29, 0.717) is 6.54 Å². The summed E-state index contributed by atoms with van der Waals surface area (Å²) >= 11 is 0. The van der Waals surface area contributed by atoms with Crippen molar-refractivity contribution >= 4 is 11.8 Å². The van der Waals surface area contributed by atoms with E-state index >= 15 is 0 Å². The summed E-state index contributed by atoms with van der Waals surface area (Å²) in [6, 6.07) is -0.451. The monoisotopic (exact) mass is 242 g/mol. The molecule has 1 aliphatic rings. The predicted molar refractivity (Wildman–Crippen MR) is 64.4 cm³/mol. The molecule has 17 heavy (non-hydrogen) atoms. The Hall–Kier alpha value is -1.10. The van der Waals surface area contributed by atoms with Gasteiger partial charge in [0.05, 0.1) is 12.6 Å². The lowest BCUT2D eigenvalue weighted by atomic mass is 9.84. The highest BCUT2D eigenvalue weighted by atomic mass is 16.5. The number of piperazine rings is 1. The van der Waals surface area contributed by atoms with Crippen LogP contribution < -0.4 is 5.32 Å². The quantitative estimate of drug-likeness (QED) is 0.779. The number of nitrogens with one attached hydrogen (secondary N) is 1. The molecule has 5 heteroatoms. The molecule has 1 saturated heterocycles. The molecule has 0 radical (unpaired) electrons. The van der Waals surface area contributed by atoms with Crippen LogP contribution in [-0.4, -0.2) is 49.1 Å². The number of carbonyl (C=O) groups is 2. The maximum atomic E-state index is 12.2. The minimum Gasteiger partial charge on any atom is -0.380 e. The van der Waals surface area contributed by atoms with Gasteiger partial charge in [-0.15, -0.1) is 0 Å². The van der Waals surface area contributed by atoms with Crippen LogP contribution in [0.3, 0.4) is 0 Å². The third-order valence-electron chi connectivity index (χ3n) is 2.94. The number of rotatable bonds is 3. The smallest absolute Gasteiger partial charge is 0.246 e. The lowest BCUT2D eigenvalue weighted by molar-refractivity contribution is -0.148. The molecule has 0 aromatic carbocycles. The molecule has 2 unspecified atom stereocenters. The second kappa shape index (κ2) is 5.04. The summed E-state index contributed by atoms with van der Waals surface area (Å²) in [7, 11) is 1.60. The molecule has 98 valence electrons. The van der Waals surface area contributed by atoms with Gasteiger partial charge in [0.15, 0.2) is 0 Å². The van der Waals surface area contributed by atoms with Crippen LogP contribution in [0.4, 0.5) is 0 Å². The zero-order valence-electron chi connectivity index (χ0n) is 11.2. The zero-order chi connectivity index (χ0) is 13.2. The van der Waals surface area contributed by atoms with Crippen molar-refractivity contribution in [3.05, 3.63) is 0 Å². The maximum Gasteiger partial charge on any atom is 0.246 e. The number of carbonyl (C=O) groups excluding carboxylic acids is 2. The van der Waals surface area contributed by atoms with E-state index in [0.717, 1.165) is 0 Å². The average molecular weight is 242 g/mol. The van der Waals surface area contributed by atoms with Gasteiger partial charge in [-0.25, -0.2) is 0 Å². The summed E-state index contributed by atoms with van der Waals surface area (Å²) in [6.45, 7) is 8.29. The van der Waals surface area contributed by atoms with Crippen LogP contribution in [0, 0.1) is 5.41 Å². The van der Waals surface area contributed by atoms with Gasteiger partial charge in [0, 0.05) is 13.7 Å². The molecule has 5 nitrogen and oxygen atoms in total. The molecule has 0 bridgehead atoms. The SMILES string of the molecule is COC(C)CN1CC(=O)NC(C(C)(C)C)C1=O. The van der Waals surface area contributed by atoms with E-state index in [4.69, 9.17) is 4.74 Å². The van der Waals surface area contributed by atoms with E-state index in [1.165, 1.54) is 0 Å². The number of ether oxygens (including phenoxy) is 1. The number of methoxy groups -OCH3 is 1. The van der Waals surface area contributed by atoms with Gasteiger partial charge in [0.2, 0.25) is 11.8 Å². The van der Waals surface area contributed by atoms with Gasteiger partial charge >= 0.3 is 0 Å². The van der Waals surface area contributed by atoms with Crippen LogP contribution >= 0.6 is 0 Å². The molecular weight excluding hydrogens is 220 g/mol. The first kappa shape index (κ1) is 14.0. The van der Waals surface area contributed by atoms with E-state index in [-0.39, 0.29) is 29.9 Å². The fourth-order valence-electron chi connectivity index (χ4n) is 1.83. The van der Waals surface area contributed by atoms with Gasteiger partial charge < -0.3 is 15.0 Å². The van der Waals surface area contributed by atoms with Crippen molar-refractivity contribution in [2.24, 2.45) is 5.41 Å². The highest BCUT2D eigenvalue weighted by Gasteiger charge is 2.40.